The van der Waals surface area contributed by atoms with Crippen molar-refractivity contribution in [2.24, 2.45) is 5.73 Å². The number of hydrogen-bond donors (Lipinski definition) is 2. The second-order valence-electron chi connectivity index (χ2n) is 4.41. The fourth-order valence-electron chi connectivity index (χ4n) is 2.26. The Kier molecular flexibility index (Phi) is 3.30. The molecule has 2 heteroatoms. The Balaban J connectivity index is 2.58. The molecule has 0 saturated carbocycles. The Morgan fingerprint density at radius 1 is 1.31 bits per heavy atom. The van der Waals surface area contributed by atoms with E-state index in [-0.39, 0.29) is 0 Å². The summed E-state index contributed by atoms with van der Waals surface area (Å²) in [5.74, 6) is 0.578. The third-order valence-corrected chi connectivity index (χ3v) is 3.35. The molecule has 1 heterocycles. The van der Waals surface area contributed by atoms with Crippen molar-refractivity contribution >= 4 is 10.9 Å². The first-order chi connectivity index (χ1) is 7.77. The molecular formula is C14H20N2. The van der Waals surface area contributed by atoms with Gasteiger partial charge in [-0.2, -0.15) is 0 Å². The highest BCUT2D eigenvalue weighted by Crippen LogP contribution is 2.29. The van der Waals surface area contributed by atoms with Gasteiger partial charge in [-0.05, 0) is 36.9 Å². The number of aromatic nitrogens is 1. The largest absolute Gasteiger partial charge is 0.358 e. The van der Waals surface area contributed by atoms with E-state index in [2.05, 4.69) is 43.1 Å². The number of nitrogens with one attached hydrogen (secondary N) is 1. The summed E-state index contributed by atoms with van der Waals surface area (Å²) in [5.41, 5.74) is 9.72. The van der Waals surface area contributed by atoms with E-state index in [1.54, 1.807) is 0 Å². The first kappa shape index (κ1) is 11.2. The molecule has 0 spiro atoms. The van der Waals surface area contributed by atoms with Gasteiger partial charge in [0.05, 0.1) is 0 Å². The van der Waals surface area contributed by atoms with Gasteiger partial charge in [-0.3, -0.25) is 0 Å². The topological polar surface area (TPSA) is 41.8 Å². The third kappa shape index (κ3) is 1.85. The normalized spacial score (nSPS) is 13.2. The quantitative estimate of drug-likeness (QED) is 0.809. The van der Waals surface area contributed by atoms with Crippen LogP contribution in [-0.2, 0) is 6.42 Å². The van der Waals surface area contributed by atoms with Crippen LogP contribution in [0.5, 0.6) is 0 Å². The molecule has 0 aliphatic heterocycles. The van der Waals surface area contributed by atoms with Gasteiger partial charge in [-0.15, -0.1) is 0 Å². The van der Waals surface area contributed by atoms with E-state index in [0.717, 1.165) is 12.8 Å². The van der Waals surface area contributed by atoms with Gasteiger partial charge >= 0.3 is 0 Å². The van der Waals surface area contributed by atoms with Crippen molar-refractivity contribution in [1.29, 1.82) is 0 Å². The molecule has 1 aromatic carbocycles. The van der Waals surface area contributed by atoms with Crippen LogP contribution >= 0.6 is 0 Å². The van der Waals surface area contributed by atoms with Gasteiger partial charge < -0.3 is 10.7 Å². The maximum atomic E-state index is 5.71. The van der Waals surface area contributed by atoms with Crippen LogP contribution < -0.4 is 5.73 Å². The first-order valence-electron chi connectivity index (χ1n) is 6.07. The summed E-state index contributed by atoms with van der Waals surface area (Å²) in [7, 11) is 0. The Morgan fingerprint density at radius 3 is 2.75 bits per heavy atom. The van der Waals surface area contributed by atoms with Gasteiger partial charge in [0.1, 0.15) is 0 Å². The van der Waals surface area contributed by atoms with Crippen molar-refractivity contribution in [2.75, 3.05) is 6.54 Å². The van der Waals surface area contributed by atoms with Crippen molar-refractivity contribution in [2.45, 2.75) is 32.6 Å². The molecule has 3 N–H and O–H groups in total. The maximum absolute atomic E-state index is 5.71. The van der Waals surface area contributed by atoms with Crippen LogP contribution in [0.4, 0.5) is 0 Å². The lowest BCUT2D eigenvalue weighted by Gasteiger charge is -2.09. The van der Waals surface area contributed by atoms with Gasteiger partial charge in [0, 0.05) is 16.6 Å². The minimum absolute atomic E-state index is 0.578. The average molecular weight is 216 g/mol. The van der Waals surface area contributed by atoms with Crippen molar-refractivity contribution in [3.8, 4) is 0 Å². The van der Waals surface area contributed by atoms with Gasteiger partial charge in [0.25, 0.3) is 0 Å². The number of hydrogen-bond acceptors (Lipinski definition) is 1. The minimum atomic E-state index is 0.578. The second-order valence-corrected chi connectivity index (χ2v) is 4.41. The molecule has 0 fully saturated rings. The smallest absolute Gasteiger partial charge is 0.0459 e. The Labute approximate surface area is 96.9 Å². The molecule has 0 saturated heterocycles. The van der Waals surface area contributed by atoms with Gasteiger partial charge in [-0.1, -0.05) is 32.0 Å². The van der Waals surface area contributed by atoms with E-state index in [0.29, 0.717) is 12.5 Å². The van der Waals surface area contributed by atoms with E-state index >= 15 is 0 Å². The zero-order chi connectivity index (χ0) is 11.5. The monoisotopic (exact) mass is 216 g/mol. The Morgan fingerprint density at radius 2 is 2.06 bits per heavy atom. The van der Waals surface area contributed by atoms with E-state index in [9.17, 15) is 0 Å². The molecule has 1 atom stereocenters. The standard InChI is InChI=1S/C14H20N2/c1-3-10(2)14-12(8-9-15)11-6-4-5-7-13(11)16-14/h4-7,10,16H,3,8-9,15H2,1-2H3. The number of aromatic amines is 1. The number of H-pyrrole nitrogens is 1. The molecule has 1 unspecified atom stereocenters. The number of rotatable bonds is 4. The first-order valence-corrected chi connectivity index (χ1v) is 6.07. The van der Waals surface area contributed by atoms with Crippen molar-refractivity contribution in [3.63, 3.8) is 0 Å². The molecule has 2 nitrogen and oxygen atoms in total. The molecule has 0 radical (unpaired) electrons. The summed E-state index contributed by atoms with van der Waals surface area (Å²) in [6, 6.07) is 8.49. The molecule has 2 aromatic rings. The van der Waals surface area contributed by atoms with Crippen LogP contribution in [0.25, 0.3) is 10.9 Å². The molecule has 2 rings (SSSR count). The number of fused-ring (bicyclic) bond motifs is 1. The van der Waals surface area contributed by atoms with Gasteiger partial charge in [-0.25, -0.2) is 0 Å². The van der Waals surface area contributed by atoms with E-state index in [1.807, 2.05) is 0 Å². The summed E-state index contributed by atoms with van der Waals surface area (Å²) in [6.45, 7) is 5.21. The van der Waals surface area contributed by atoms with Gasteiger partial charge in [0.15, 0.2) is 0 Å². The molecule has 86 valence electrons. The molecule has 0 aliphatic carbocycles. The van der Waals surface area contributed by atoms with Crippen LogP contribution in [0, 0.1) is 0 Å². The summed E-state index contributed by atoms with van der Waals surface area (Å²) < 4.78 is 0. The summed E-state index contributed by atoms with van der Waals surface area (Å²) in [4.78, 5) is 3.54. The molecule has 0 bridgehead atoms. The van der Waals surface area contributed by atoms with Crippen LogP contribution in [0.2, 0.25) is 0 Å². The lowest BCUT2D eigenvalue weighted by molar-refractivity contribution is 0.704. The van der Waals surface area contributed by atoms with Crippen LogP contribution in [0.1, 0.15) is 37.4 Å². The predicted molar refractivity (Wildman–Crippen MR) is 69.8 cm³/mol. The summed E-state index contributed by atoms with van der Waals surface area (Å²) in [5, 5.41) is 1.34. The molecule has 1 aromatic heterocycles. The maximum Gasteiger partial charge on any atom is 0.0459 e. The molecular weight excluding hydrogens is 196 g/mol. The van der Waals surface area contributed by atoms with Crippen LogP contribution in [-0.4, -0.2) is 11.5 Å². The number of nitrogens with two attached hydrogens (primary N) is 1. The number of benzene rings is 1. The third-order valence-electron chi connectivity index (χ3n) is 3.35. The van der Waals surface area contributed by atoms with Crippen LogP contribution in [0.15, 0.2) is 24.3 Å². The zero-order valence-electron chi connectivity index (χ0n) is 10.1. The van der Waals surface area contributed by atoms with Crippen LogP contribution in [0.3, 0.4) is 0 Å². The van der Waals surface area contributed by atoms with E-state index in [1.165, 1.54) is 22.2 Å². The SMILES string of the molecule is CCC(C)c1[nH]c2ccccc2c1CCN. The fraction of sp³-hybridized carbons (Fsp3) is 0.429. The van der Waals surface area contributed by atoms with E-state index in [4.69, 9.17) is 5.73 Å². The van der Waals surface area contributed by atoms with Crippen molar-refractivity contribution in [1.82, 2.24) is 4.98 Å². The zero-order valence-corrected chi connectivity index (χ0v) is 10.1. The highest BCUT2D eigenvalue weighted by atomic mass is 14.7. The molecule has 0 amide bonds. The lowest BCUT2D eigenvalue weighted by atomic mass is 9.98. The summed E-state index contributed by atoms with van der Waals surface area (Å²) in [6.07, 6.45) is 2.12. The van der Waals surface area contributed by atoms with E-state index < -0.39 is 0 Å². The average Bonchev–Trinajstić information content (AvgIpc) is 2.68. The highest BCUT2D eigenvalue weighted by Gasteiger charge is 2.14. The molecule has 0 aliphatic rings. The Bertz CT molecular complexity index is 471. The minimum Gasteiger partial charge on any atom is -0.358 e. The lowest BCUT2D eigenvalue weighted by Crippen LogP contribution is -2.05. The predicted octanol–water partition coefficient (Wildman–Crippen LogP) is 3.18. The molecule has 16 heavy (non-hydrogen) atoms. The summed E-state index contributed by atoms with van der Waals surface area (Å²) >= 11 is 0. The van der Waals surface area contributed by atoms with Gasteiger partial charge in [0.2, 0.25) is 0 Å². The fourth-order valence-corrected chi connectivity index (χ4v) is 2.26. The van der Waals surface area contributed by atoms with Crippen molar-refractivity contribution in [3.05, 3.63) is 35.5 Å². The Hall–Kier alpha value is -1.28. The number of para-hydroxylation sites is 1. The van der Waals surface area contributed by atoms with Crippen molar-refractivity contribution < 1.29 is 0 Å². The highest BCUT2D eigenvalue weighted by molar-refractivity contribution is 5.84. The second kappa shape index (κ2) is 4.71.